The first-order chi connectivity index (χ1) is 4.06. The summed E-state index contributed by atoms with van der Waals surface area (Å²) in [5, 5.41) is 8.41. The fraction of sp³-hybridized carbons (Fsp3) is 0.750. The Morgan fingerprint density at radius 2 is 1.89 bits per heavy atom. The van der Waals surface area contributed by atoms with E-state index in [0.29, 0.717) is 0 Å². The lowest BCUT2D eigenvalue weighted by Gasteiger charge is -2.10. The molecule has 0 saturated carbocycles. The van der Waals surface area contributed by atoms with Gasteiger partial charge in [-0.1, -0.05) is 32.9 Å². The van der Waals surface area contributed by atoms with E-state index >= 15 is 0 Å². The predicted molar refractivity (Wildman–Crippen MR) is 40.3 cm³/mol. The second-order valence-electron chi connectivity index (χ2n) is 3.28. The average Bonchev–Trinajstić information content (AvgIpc) is 1.63. The fourth-order valence-electron chi connectivity index (χ4n) is 0.511. The molecule has 0 aliphatic rings. The number of aliphatic hydroxyl groups excluding tert-OH is 1. The molecule has 1 N–H and O–H groups in total. The Kier molecular flexibility index (Phi) is 3.55. The van der Waals surface area contributed by atoms with Crippen molar-refractivity contribution < 1.29 is 5.11 Å². The summed E-state index contributed by atoms with van der Waals surface area (Å²) in [6.45, 7) is 6.68. The van der Waals surface area contributed by atoms with E-state index in [1.54, 1.807) is 0 Å². The van der Waals surface area contributed by atoms with Gasteiger partial charge in [0.2, 0.25) is 0 Å². The van der Waals surface area contributed by atoms with E-state index in [9.17, 15) is 0 Å². The molecule has 0 radical (unpaired) electrons. The summed E-state index contributed by atoms with van der Waals surface area (Å²) < 4.78 is 0. The summed E-state index contributed by atoms with van der Waals surface area (Å²) in [4.78, 5) is 0. The Morgan fingerprint density at radius 3 is 2.22 bits per heavy atom. The fourth-order valence-corrected chi connectivity index (χ4v) is 0.511. The van der Waals surface area contributed by atoms with E-state index in [1.807, 2.05) is 6.08 Å². The molecule has 0 aromatic rings. The third-order valence-corrected chi connectivity index (χ3v) is 0.914. The highest BCUT2D eigenvalue weighted by atomic mass is 16.2. The predicted octanol–water partition coefficient (Wildman–Crippen LogP) is 1.97. The topological polar surface area (TPSA) is 20.2 Å². The minimum absolute atomic E-state index is 0.257. The zero-order valence-electron chi connectivity index (χ0n) is 6.52. The molecule has 0 spiro atoms. The molecule has 54 valence electrons. The first-order valence-corrected chi connectivity index (χ1v) is 3.35. The summed E-state index contributed by atoms with van der Waals surface area (Å²) in [5.41, 5.74) is 0.259. The molecule has 9 heavy (non-hydrogen) atoms. The number of hydrogen-bond acceptors (Lipinski definition) is 1. The zero-order valence-corrected chi connectivity index (χ0v) is 6.52. The maximum absolute atomic E-state index is 8.41. The van der Waals surface area contributed by atoms with Crippen molar-refractivity contribution in [2.75, 3.05) is 6.61 Å². The van der Waals surface area contributed by atoms with Crippen molar-refractivity contribution in [1.29, 1.82) is 0 Å². The Balaban J connectivity index is 3.45. The molecule has 0 amide bonds. The standard InChI is InChI=1S/C8H16O/c1-8(2,3)6-4-5-7-9/h4,6,9H,5,7H2,1-3H3. The van der Waals surface area contributed by atoms with Crippen LogP contribution >= 0.6 is 0 Å². The van der Waals surface area contributed by atoms with Crippen LogP contribution in [0.1, 0.15) is 27.2 Å². The van der Waals surface area contributed by atoms with Crippen LogP contribution in [0.5, 0.6) is 0 Å². The van der Waals surface area contributed by atoms with Gasteiger partial charge >= 0.3 is 0 Å². The highest BCUT2D eigenvalue weighted by Crippen LogP contribution is 2.14. The van der Waals surface area contributed by atoms with Crippen molar-refractivity contribution in [2.24, 2.45) is 5.41 Å². The van der Waals surface area contributed by atoms with Gasteiger partial charge in [-0.15, -0.1) is 0 Å². The second kappa shape index (κ2) is 3.67. The molecular weight excluding hydrogens is 112 g/mol. The van der Waals surface area contributed by atoms with E-state index < -0.39 is 0 Å². The minimum Gasteiger partial charge on any atom is -0.396 e. The first kappa shape index (κ1) is 8.70. The van der Waals surface area contributed by atoms with Crippen molar-refractivity contribution >= 4 is 0 Å². The zero-order chi connectivity index (χ0) is 7.33. The molecule has 1 nitrogen and oxygen atoms in total. The van der Waals surface area contributed by atoms with Crippen LogP contribution in [0.2, 0.25) is 0 Å². The van der Waals surface area contributed by atoms with Crippen LogP contribution < -0.4 is 0 Å². The van der Waals surface area contributed by atoms with Crippen LogP contribution in [-0.2, 0) is 0 Å². The lowest BCUT2D eigenvalue weighted by Crippen LogP contribution is -1.98. The maximum atomic E-state index is 8.41. The monoisotopic (exact) mass is 128 g/mol. The summed E-state index contributed by atoms with van der Waals surface area (Å²) in [6, 6.07) is 0. The van der Waals surface area contributed by atoms with E-state index in [0.717, 1.165) is 6.42 Å². The van der Waals surface area contributed by atoms with Gasteiger partial charge in [-0.2, -0.15) is 0 Å². The Labute approximate surface area is 57.4 Å². The van der Waals surface area contributed by atoms with E-state index in [4.69, 9.17) is 5.11 Å². The molecule has 0 aliphatic heterocycles. The average molecular weight is 128 g/mol. The van der Waals surface area contributed by atoms with Gasteiger partial charge in [-0.25, -0.2) is 0 Å². The van der Waals surface area contributed by atoms with Crippen LogP contribution in [0.4, 0.5) is 0 Å². The van der Waals surface area contributed by atoms with Gasteiger partial charge in [0.05, 0.1) is 0 Å². The molecule has 0 saturated heterocycles. The van der Waals surface area contributed by atoms with Crippen molar-refractivity contribution in [3.05, 3.63) is 12.2 Å². The number of hydrogen-bond donors (Lipinski definition) is 1. The smallest absolute Gasteiger partial charge is 0.0465 e. The Bertz CT molecular complexity index is 87.2. The molecular formula is C8H16O. The van der Waals surface area contributed by atoms with E-state index in [1.165, 1.54) is 0 Å². The van der Waals surface area contributed by atoms with Crippen molar-refractivity contribution in [2.45, 2.75) is 27.2 Å². The molecule has 0 heterocycles. The van der Waals surface area contributed by atoms with Crippen molar-refractivity contribution in [1.82, 2.24) is 0 Å². The van der Waals surface area contributed by atoms with E-state index in [-0.39, 0.29) is 12.0 Å². The van der Waals surface area contributed by atoms with Crippen LogP contribution in [0.3, 0.4) is 0 Å². The summed E-state index contributed by atoms with van der Waals surface area (Å²) >= 11 is 0. The van der Waals surface area contributed by atoms with Gasteiger partial charge in [-0.05, 0) is 11.8 Å². The SMILES string of the molecule is CC(C)(C)C=CCCO. The quantitative estimate of drug-likeness (QED) is 0.564. The summed E-state index contributed by atoms with van der Waals surface area (Å²) in [6.07, 6.45) is 4.90. The summed E-state index contributed by atoms with van der Waals surface area (Å²) in [7, 11) is 0. The minimum atomic E-state index is 0.257. The van der Waals surface area contributed by atoms with Crippen LogP contribution in [0.25, 0.3) is 0 Å². The molecule has 0 rings (SSSR count). The van der Waals surface area contributed by atoms with Crippen LogP contribution in [-0.4, -0.2) is 11.7 Å². The van der Waals surface area contributed by atoms with Crippen LogP contribution in [0.15, 0.2) is 12.2 Å². The van der Waals surface area contributed by atoms with Gasteiger partial charge in [0.15, 0.2) is 0 Å². The number of rotatable bonds is 2. The Morgan fingerprint density at radius 1 is 1.33 bits per heavy atom. The molecule has 0 fully saturated rings. The molecule has 0 aromatic carbocycles. The first-order valence-electron chi connectivity index (χ1n) is 3.35. The lowest BCUT2D eigenvalue weighted by molar-refractivity contribution is 0.302. The van der Waals surface area contributed by atoms with Crippen molar-refractivity contribution in [3.8, 4) is 0 Å². The molecule has 0 aliphatic carbocycles. The second-order valence-corrected chi connectivity index (χ2v) is 3.28. The third-order valence-electron chi connectivity index (χ3n) is 0.914. The van der Waals surface area contributed by atoms with Gasteiger partial charge in [0.1, 0.15) is 0 Å². The number of aliphatic hydroxyl groups is 1. The van der Waals surface area contributed by atoms with Gasteiger partial charge in [0, 0.05) is 6.61 Å². The largest absolute Gasteiger partial charge is 0.396 e. The van der Waals surface area contributed by atoms with Gasteiger partial charge in [-0.3, -0.25) is 0 Å². The summed E-state index contributed by atoms with van der Waals surface area (Å²) in [5.74, 6) is 0. The highest BCUT2D eigenvalue weighted by molar-refractivity contribution is 4.91. The maximum Gasteiger partial charge on any atom is 0.0465 e. The van der Waals surface area contributed by atoms with Crippen molar-refractivity contribution in [3.63, 3.8) is 0 Å². The molecule has 0 aromatic heterocycles. The number of allylic oxidation sites excluding steroid dienone is 1. The molecule has 1 heteroatoms. The molecule has 0 atom stereocenters. The van der Waals surface area contributed by atoms with Gasteiger partial charge in [0.25, 0.3) is 0 Å². The Hall–Kier alpha value is -0.300. The molecule has 0 bridgehead atoms. The normalized spacial score (nSPS) is 12.9. The highest BCUT2D eigenvalue weighted by Gasteiger charge is 2.01. The van der Waals surface area contributed by atoms with Crippen LogP contribution in [0, 0.1) is 5.41 Å². The van der Waals surface area contributed by atoms with E-state index in [2.05, 4.69) is 26.8 Å². The third kappa shape index (κ3) is 7.70. The molecule has 0 unspecified atom stereocenters. The lowest BCUT2D eigenvalue weighted by atomic mass is 9.96. The van der Waals surface area contributed by atoms with Gasteiger partial charge < -0.3 is 5.11 Å².